The molecule has 1 saturated carbocycles. The predicted molar refractivity (Wildman–Crippen MR) is 64.2 cm³/mol. The highest BCUT2D eigenvalue weighted by Gasteiger charge is 2.47. The van der Waals surface area contributed by atoms with Crippen LogP contribution in [0.2, 0.25) is 0 Å². The zero-order valence-corrected chi connectivity index (χ0v) is 11.1. The van der Waals surface area contributed by atoms with Crippen molar-refractivity contribution >= 4 is 11.9 Å². The fourth-order valence-corrected chi connectivity index (χ4v) is 3.05. The molecule has 0 aromatic carbocycles. The van der Waals surface area contributed by atoms with Crippen molar-refractivity contribution in [3.05, 3.63) is 0 Å². The molecular formula is C13H19F3O4. The van der Waals surface area contributed by atoms with Crippen LogP contribution in [0.1, 0.15) is 51.4 Å². The first-order valence-corrected chi connectivity index (χ1v) is 6.65. The van der Waals surface area contributed by atoms with E-state index in [1.165, 1.54) is 0 Å². The molecule has 0 aliphatic heterocycles. The van der Waals surface area contributed by atoms with Gasteiger partial charge in [-0.15, -0.1) is 0 Å². The molecule has 4 nitrogen and oxygen atoms in total. The van der Waals surface area contributed by atoms with Gasteiger partial charge in [0.2, 0.25) is 0 Å². The number of halogens is 3. The quantitative estimate of drug-likeness (QED) is 0.787. The number of carbonyl (C=O) groups is 2. The zero-order chi connectivity index (χ0) is 15.4. The first kappa shape index (κ1) is 16.8. The van der Waals surface area contributed by atoms with E-state index < -0.39 is 29.4 Å². The van der Waals surface area contributed by atoms with Crippen molar-refractivity contribution in [2.24, 2.45) is 11.3 Å². The molecule has 1 fully saturated rings. The van der Waals surface area contributed by atoms with E-state index in [1.54, 1.807) is 0 Å². The molecule has 0 heterocycles. The Balaban J connectivity index is 2.79. The summed E-state index contributed by atoms with van der Waals surface area (Å²) in [6.45, 7) is 0. The molecule has 116 valence electrons. The number of hydrogen-bond donors (Lipinski definition) is 2. The number of carboxylic acids is 2. The highest BCUT2D eigenvalue weighted by atomic mass is 19.4. The average molecular weight is 296 g/mol. The van der Waals surface area contributed by atoms with Crippen LogP contribution >= 0.6 is 0 Å². The molecule has 0 amide bonds. The molecular weight excluding hydrogens is 277 g/mol. The van der Waals surface area contributed by atoms with E-state index in [0.717, 1.165) is 0 Å². The SMILES string of the molecule is O=C(O)CCC1(CCC(=O)O)CCC[C@H](C(F)(F)F)C1. The van der Waals surface area contributed by atoms with E-state index in [4.69, 9.17) is 10.2 Å². The zero-order valence-electron chi connectivity index (χ0n) is 11.1. The number of hydrogen-bond acceptors (Lipinski definition) is 2. The van der Waals surface area contributed by atoms with Crippen molar-refractivity contribution in [2.45, 2.75) is 57.5 Å². The van der Waals surface area contributed by atoms with Crippen LogP contribution in [-0.4, -0.2) is 28.3 Å². The van der Waals surface area contributed by atoms with Crippen LogP contribution in [0.4, 0.5) is 13.2 Å². The van der Waals surface area contributed by atoms with Crippen LogP contribution in [-0.2, 0) is 9.59 Å². The lowest BCUT2D eigenvalue weighted by molar-refractivity contribution is -0.193. The first-order valence-electron chi connectivity index (χ1n) is 6.65. The van der Waals surface area contributed by atoms with Gasteiger partial charge in [0.1, 0.15) is 0 Å². The normalized spacial score (nSPS) is 22.4. The Bertz CT molecular complexity index is 347. The van der Waals surface area contributed by atoms with Crippen molar-refractivity contribution in [3.63, 3.8) is 0 Å². The summed E-state index contributed by atoms with van der Waals surface area (Å²) in [4.78, 5) is 21.3. The van der Waals surface area contributed by atoms with Crippen molar-refractivity contribution in [1.82, 2.24) is 0 Å². The molecule has 20 heavy (non-hydrogen) atoms. The molecule has 0 bridgehead atoms. The number of carboxylic acid groups (broad SMARTS) is 2. The summed E-state index contributed by atoms with van der Waals surface area (Å²) in [7, 11) is 0. The largest absolute Gasteiger partial charge is 0.481 e. The molecule has 0 unspecified atom stereocenters. The minimum atomic E-state index is -4.29. The third-order valence-electron chi connectivity index (χ3n) is 4.14. The van der Waals surface area contributed by atoms with Gasteiger partial charge in [-0.2, -0.15) is 13.2 Å². The van der Waals surface area contributed by atoms with Crippen LogP contribution < -0.4 is 0 Å². The summed E-state index contributed by atoms with van der Waals surface area (Å²) in [5.41, 5.74) is -0.810. The third kappa shape index (κ3) is 5.02. The Hall–Kier alpha value is -1.27. The van der Waals surface area contributed by atoms with E-state index >= 15 is 0 Å². The summed E-state index contributed by atoms with van der Waals surface area (Å²) in [5.74, 6) is -3.57. The second-order valence-electron chi connectivity index (χ2n) is 5.62. The Morgan fingerprint density at radius 1 is 1.10 bits per heavy atom. The maximum atomic E-state index is 12.8. The Kier molecular flexibility index (Phi) is 5.42. The molecule has 0 saturated heterocycles. The summed E-state index contributed by atoms with van der Waals surface area (Å²) < 4.78 is 38.5. The molecule has 0 spiro atoms. The van der Waals surface area contributed by atoms with Gasteiger partial charge in [0.05, 0.1) is 5.92 Å². The minimum absolute atomic E-state index is 0.0470. The van der Waals surface area contributed by atoms with Crippen molar-refractivity contribution in [3.8, 4) is 0 Å². The standard InChI is InChI=1S/C13H19F3O4/c14-13(15,16)9-2-1-5-12(8-9,6-3-10(17)18)7-4-11(19)20/h9H,1-8H2,(H,17,18)(H,19,20)/t9-/m0/s1. The molecule has 0 aromatic heterocycles. The van der Waals surface area contributed by atoms with Crippen molar-refractivity contribution in [2.75, 3.05) is 0 Å². The number of rotatable bonds is 6. The highest BCUT2D eigenvalue weighted by Crippen LogP contribution is 2.50. The molecule has 1 rings (SSSR count). The maximum absolute atomic E-state index is 12.8. The first-order chi connectivity index (χ1) is 9.15. The van der Waals surface area contributed by atoms with E-state index in [9.17, 15) is 22.8 Å². The summed E-state index contributed by atoms with van der Waals surface area (Å²) in [5, 5.41) is 17.4. The second-order valence-corrected chi connectivity index (χ2v) is 5.62. The van der Waals surface area contributed by atoms with E-state index in [2.05, 4.69) is 0 Å². The summed E-state index contributed by atoms with van der Waals surface area (Å²) in [6.07, 6.45) is -3.77. The fraction of sp³-hybridized carbons (Fsp3) is 0.846. The van der Waals surface area contributed by atoms with Gasteiger partial charge in [-0.05, 0) is 37.5 Å². The molecule has 0 radical (unpaired) electrons. The fourth-order valence-electron chi connectivity index (χ4n) is 3.05. The third-order valence-corrected chi connectivity index (χ3v) is 4.14. The van der Waals surface area contributed by atoms with Crippen LogP contribution in [0.25, 0.3) is 0 Å². The molecule has 7 heteroatoms. The Morgan fingerprint density at radius 2 is 1.60 bits per heavy atom. The van der Waals surface area contributed by atoms with Crippen LogP contribution in [0.15, 0.2) is 0 Å². The molecule has 1 aliphatic rings. The van der Waals surface area contributed by atoms with Gasteiger partial charge in [0.15, 0.2) is 0 Å². The van der Waals surface area contributed by atoms with Gasteiger partial charge in [-0.25, -0.2) is 0 Å². The summed E-state index contributed by atoms with van der Waals surface area (Å²) in [6, 6.07) is 0. The van der Waals surface area contributed by atoms with Crippen LogP contribution in [0, 0.1) is 11.3 Å². The molecule has 1 aliphatic carbocycles. The smallest absolute Gasteiger partial charge is 0.391 e. The molecule has 2 N–H and O–H groups in total. The lowest BCUT2D eigenvalue weighted by Crippen LogP contribution is -2.36. The van der Waals surface area contributed by atoms with Crippen LogP contribution in [0.5, 0.6) is 0 Å². The van der Waals surface area contributed by atoms with Crippen LogP contribution in [0.3, 0.4) is 0 Å². The van der Waals surface area contributed by atoms with Gasteiger partial charge >= 0.3 is 18.1 Å². The van der Waals surface area contributed by atoms with Gasteiger partial charge < -0.3 is 10.2 Å². The van der Waals surface area contributed by atoms with E-state index in [1.807, 2.05) is 0 Å². The van der Waals surface area contributed by atoms with Gasteiger partial charge in [0.25, 0.3) is 0 Å². The maximum Gasteiger partial charge on any atom is 0.391 e. The summed E-state index contributed by atoms with van der Waals surface area (Å²) >= 11 is 0. The minimum Gasteiger partial charge on any atom is -0.481 e. The average Bonchev–Trinajstić information content (AvgIpc) is 2.33. The monoisotopic (exact) mass is 296 g/mol. The topological polar surface area (TPSA) is 74.6 Å². The predicted octanol–water partition coefficient (Wildman–Crippen LogP) is 3.45. The Labute approximate surface area is 115 Å². The lowest BCUT2D eigenvalue weighted by Gasteiger charge is -2.41. The van der Waals surface area contributed by atoms with Gasteiger partial charge in [-0.3, -0.25) is 9.59 Å². The molecule has 0 aromatic rings. The second kappa shape index (κ2) is 6.45. The van der Waals surface area contributed by atoms with Gasteiger partial charge in [0, 0.05) is 12.8 Å². The number of alkyl halides is 3. The van der Waals surface area contributed by atoms with E-state index in [-0.39, 0.29) is 38.5 Å². The molecule has 1 atom stereocenters. The van der Waals surface area contributed by atoms with Gasteiger partial charge in [-0.1, -0.05) is 6.42 Å². The lowest BCUT2D eigenvalue weighted by atomic mass is 9.65. The Morgan fingerprint density at radius 3 is 2.00 bits per heavy atom. The van der Waals surface area contributed by atoms with E-state index in [0.29, 0.717) is 12.8 Å². The number of aliphatic carboxylic acids is 2. The highest BCUT2D eigenvalue weighted by molar-refractivity contribution is 5.67. The van der Waals surface area contributed by atoms with Crippen molar-refractivity contribution in [1.29, 1.82) is 0 Å². The van der Waals surface area contributed by atoms with Crippen molar-refractivity contribution < 1.29 is 33.0 Å².